The van der Waals surface area contributed by atoms with E-state index < -0.39 is 11.7 Å². The molecule has 1 aromatic carbocycles. The monoisotopic (exact) mass is 383 g/mol. The topological polar surface area (TPSA) is 55.1 Å². The second-order valence-corrected chi connectivity index (χ2v) is 6.33. The van der Waals surface area contributed by atoms with E-state index in [1.54, 1.807) is 16.9 Å². The Kier molecular flexibility index (Phi) is 4.46. The molecule has 28 heavy (non-hydrogen) atoms. The molecule has 4 aromatic rings. The summed E-state index contributed by atoms with van der Waals surface area (Å²) < 4.78 is 40.1. The van der Waals surface area contributed by atoms with Gasteiger partial charge in [-0.2, -0.15) is 22.8 Å². The van der Waals surface area contributed by atoms with Gasteiger partial charge in [-0.25, -0.2) is 4.98 Å². The Morgan fingerprint density at radius 2 is 1.86 bits per heavy atom. The normalized spacial score (nSPS) is 11.7. The van der Waals surface area contributed by atoms with Crippen LogP contribution in [-0.4, -0.2) is 19.6 Å². The molecular formula is C20H16F3N5. The number of hydrogen-bond acceptors (Lipinski definition) is 4. The molecule has 0 fully saturated rings. The van der Waals surface area contributed by atoms with Crippen LogP contribution in [0.15, 0.2) is 60.9 Å². The number of benzene rings is 1. The van der Waals surface area contributed by atoms with E-state index in [1.807, 2.05) is 31.2 Å². The van der Waals surface area contributed by atoms with Crippen molar-refractivity contribution in [2.75, 3.05) is 5.32 Å². The van der Waals surface area contributed by atoms with E-state index in [9.17, 15) is 13.2 Å². The van der Waals surface area contributed by atoms with Crippen molar-refractivity contribution in [2.45, 2.75) is 19.6 Å². The van der Waals surface area contributed by atoms with Crippen LogP contribution in [0.25, 0.3) is 16.8 Å². The number of fused-ring (bicyclic) bond motifs is 1. The van der Waals surface area contributed by atoms with Crippen molar-refractivity contribution in [1.82, 2.24) is 19.6 Å². The molecule has 5 nitrogen and oxygen atoms in total. The highest BCUT2D eigenvalue weighted by Crippen LogP contribution is 2.32. The molecule has 1 N–H and O–H groups in total. The molecule has 0 aliphatic rings. The highest BCUT2D eigenvalue weighted by atomic mass is 19.4. The summed E-state index contributed by atoms with van der Waals surface area (Å²) >= 11 is 0. The minimum Gasteiger partial charge on any atom is -0.364 e. The van der Waals surface area contributed by atoms with Crippen molar-refractivity contribution in [3.63, 3.8) is 0 Å². The third-order valence-corrected chi connectivity index (χ3v) is 4.30. The summed E-state index contributed by atoms with van der Waals surface area (Å²) in [6.45, 7) is 2.37. The molecule has 0 radical (unpaired) electrons. The van der Waals surface area contributed by atoms with Gasteiger partial charge in [0.2, 0.25) is 0 Å². The van der Waals surface area contributed by atoms with Crippen molar-refractivity contribution in [3.05, 3.63) is 77.9 Å². The van der Waals surface area contributed by atoms with E-state index in [2.05, 4.69) is 20.4 Å². The number of alkyl halides is 3. The van der Waals surface area contributed by atoms with E-state index in [1.165, 1.54) is 12.1 Å². The fraction of sp³-hybridized carbons (Fsp3) is 0.150. The summed E-state index contributed by atoms with van der Waals surface area (Å²) in [6, 6.07) is 12.5. The van der Waals surface area contributed by atoms with Crippen LogP contribution in [0.5, 0.6) is 0 Å². The SMILES string of the molecule is Cc1cc(NCc2ccccn2)n2ncc(-c3ccc(C(F)(F)F)cc3)c2n1. The summed E-state index contributed by atoms with van der Waals surface area (Å²) in [6.07, 6.45) is -1.03. The van der Waals surface area contributed by atoms with Crippen molar-refractivity contribution < 1.29 is 13.2 Å². The third kappa shape index (κ3) is 3.53. The van der Waals surface area contributed by atoms with Crippen molar-refractivity contribution in [2.24, 2.45) is 0 Å². The quantitative estimate of drug-likeness (QED) is 0.554. The predicted octanol–water partition coefficient (Wildman–Crippen LogP) is 4.73. The lowest BCUT2D eigenvalue weighted by atomic mass is 10.1. The van der Waals surface area contributed by atoms with E-state index in [4.69, 9.17) is 0 Å². The first kappa shape index (κ1) is 18.0. The number of aryl methyl sites for hydroxylation is 1. The van der Waals surface area contributed by atoms with Gasteiger partial charge in [-0.3, -0.25) is 4.98 Å². The highest BCUT2D eigenvalue weighted by molar-refractivity contribution is 5.78. The van der Waals surface area contributed by atoms with Gasteiger partial charge in [0, 0.05) is 23.5 Å². The van der Waals surface area contributed by atoms with Crippen LogP contribution in [0.4, 0.5) is 19.0 Å². The van der Waals surface area contributed by atoms with Crippen LogP contribution in [0, 0.1) is 6.92 Å². The van der Waals surface area contributed by atoms with Crippen LogP contribution in [0.1, 0.15) is 17.0 Å². The molecule has 0 bridgehead atoms. The minimum atomic E-state index is -4.36. The average Bonchev–Trinajstić information content (AvgIpc) is 3.10. The first-order chi connectivity index (χ1) is 13.4. The van der Waals surface area contributed by atoms with E-state index in [-0.39, 0.29) is 0 Å². The van der Waals surface area contributed by atoms with E-state index in [0.29, 0.717) is 23.3 Å². The highest BCUT2D eigenvalue weighted by Gasteiger charge is 2.30. The molecule has 0 aliphatic carbocycles. The molecule has 3 aromatic heterocycles. The lowest BCUT2D eigenvalue weighted by Crippen LogP contribution is -2.07. The molecule has 0 amide bonds. The second kappa shape index (κ2) is 6.95. The molecule has 4 rings (SSSR count). The summed E-state index contributed by atoms with van der Waals surface area (Å²) in [5.41, 5.74) is 2.82. The van der Waals surface area contributed by atoms with E-state index in [0.717, 1.165) is 29.3 Å². The van der Waals surface area contributed by atoms with Crippen LogP contribution in [0.2, 0.25) is 0 Å². The molecular weight excluding hydrogens is 367 g/mol. The Morgan fingerprint density at radius 1 is 1.07 bits per heavy atom. The Labute approximate surface area is 158 Å². The zero-order chi connectivity index (χ0) is 19.7. The molecule has 0 saturated heterocycles. The Balaban J connectivity index is 1.69. The summed E-state index contributed by atoms with van der Waals surface area (Å²) in [7, 11) is 0. The Bertz CT molecular complexity index is 1100. The van der Waals surface area contributed by atoms with E-state index >= 15 is 0 Å². The van der Waals surface area contributed by atoms with Crippen LogP contribution >= 0.6 is 0 Å². The third-order valence-electron chi connectivity index (χ3n) is 4.30. The molecule has 0 spiro atoms. The van der Waals surface area contributed by atoms with Gasteiger partial charge in [0.15, 0.2) is 5.65 Å². The molecule has 0 saturated carbocycles. The smallest absolute Gasteiger partial charge is 0.364 e. The van der Waals surface area contributed by atoms with Gasteiger partial charge >= 0.3 is 6.18 Å². The van der Waals surface area contributed by atoms with Gasteiger partial charge in [0.1, 0.15) is 5.82 Å². The minimum absolute atomic E-state index is 0.509. The van der Waals surface area contributed by atoms with Crippen LogP contribution in [0.3, 0.4) is 0 Å². The molecule has 142 valence electrons. The Hall–Kier alpha value is -3.42. The second-order valence-electron chi connectivity index (χ2n) is 6.33. The van der Waals surface area contributed by atoms with Gasteiger partial charge in [-0.1, -0.05) is 18.2 Å². The zero-order valence-corrected chi connectivity index (χ0v) is 14.9. The summed E-state index contributed by atoms with van der Waals surface area (Å²) in [5.74, 6) is 0.728. The maximum Gasteiger partial charge on any atom is 0.416 e. The van der Waals surface area contributed by atoms with Crippen molar-refractivity contribution >= 4 is 11.5 Å². The number of rotatable bonds is 4. The summed E-state index contributed by atoms with van der Waals surface area (Å²) in [5, 5.41) is 7.66. The first-order valence-corrected chi connectivity index (χ1v) is 8.58. The number of hydrogen-bond donors (Lipinski definition) is 1. The lowest BCUT2D eigenvalue weighted by Gasteiger charge is -2.10. The average molecular weight is 383 g/mol. The van der Waals surface area contributed by atoms with Crippen molar-refractivity contribution in [1.29, 1.82) is 0 Å². The number of pyridine rings is 1. The standard InChI is InChI=1S/C20H16F3N5/c1-13-10-18(25-11-16-4-2-3-9-24-16)28-19(27-13)17(12-26-28)14-5-7-15(8-6-14)20(21,22)23/h2-10,12,25H,11H2,1H3. The number of halogens is 3. The Morgan fingerprint density at radius 3 is 2.54 bits per heavy atom. The molecule has 3 heterocycles. The molecule has 0 atom stereocenters. The lowest BCUT2D eigenvalue weighted by molar-refractivity contribution is -0.137. The van der Waals surface area contributed by atoms with Gasteiger partial charge in [0.25, 0.3) is 0 Å². The van der Waals surface area contributed by atoms with Gasteiger partial charge in [0.05, 0.1) is 24.0 Å². The predicted molar refractivity (Wildman–Crippen MR) is 99.7 cm³/mol. The fourth-order valence-corrected chi connectivity index (χ4v) is 2.94. The van der Waals surface area contributed by atoms with Crippen LogP contribution < -0.4 is 5.32 Å². The number of nitrogens with one attached hydrogen (secondary N) is 1. The fourth-order valence-electron chi connectivity index (χ4n) is 2.94. The molecule has 0 aliphatic heterocycles. The van der Waals surface area contributed by atoms with Gasteiger partial charge < -0.3 is 5.32 Å². The van der Waals surface area contributed by atoms with Gasteiger partial charge in [-0.05, 0) is 36.8 Å². The number of nitrogens with zero attached hydrogens (tertiary/aromatic N) is 4. The first-order valence-electron chi connectivity index (χ1n) is 8.58. The molecule has 0 unspecified atom stereocenters. The van der Waals surface area contributed by atoms with Gasteiger partial charge in [-0.15, -0.1) is 0 Å². The maximum absolute atomic E-state index is 12.8. The summed E-state index contributed by atoms with van der Waals surface area (Å²) in [4.78, 5) is 8.80. The number of aromatic nitrogens is 4. The number of anilines is 1. The molecule has 8 heteroatoms. The maximum atomic E-state index is 12.8. The van der Waals surface area contributed by atoms with Crippen molar-refractivity contribution in [3.8, 4) is 11.1 Å². The zero-order valence-electron chi connectivity index (χ0n) is 14.9. The van der Waals surface area contributed by atoms with Crippen LogP contribution in [-0.2, 0) is 12.7 Å². The largest absolute Gasteiger partial charge is 0.416 e.